The standard InChI is InChI=1S/C13H17N/c1-11-7-6-8-12(2)13(11)9-4-5-10-14-3/h6-8,14H,5,10H2,1-3H3. The third-order valence-electron chi connectivity index (χ3n) is 2.19. The molecule has 0 spiro atoms. The van der Waals surface area contributed by atoms with Crippen molar-refractivity contribution in [3.63, 3.8) is 0 Å². The van der Waals surface area contributed by atoms with Gasteiger partial charge in [0.25, 0.3) is 0 Å². The summed E-state index contributed by atoms with van der Waals surface area (Å²) in [5, 5.41) is 3.08. The summed E-state index contributed by atoms with van der Waals surface area (Å²) >= 11 is 0. The van der Waals surface area contributed by atoms with Crippen LogP contribution in [0.15, 0.2) is 18.2 Å². The van der Waals surface area contributed by atoms with Gasteiger partial charge in [0.15, 0.2) is 0 Å². The van der Waals surface area contributed by atoms with Crippen molar-refractivity contribution in [3.05, 3.63) is 34.9 Å². The van der Waals surface area contributed by atoms with Crippen LogP contribution >= 0.6 is 0 Å². The predicted octanol–water partition coefficient (Wildman–Crippen LogP) is 2.26. The minimum absolute atomic E-state index is 0.907. The van der Waals surface area contributed by atoms with E-state index in [1.165, 1.54) is 16.7 Å². The van der Waals surface area contributed by atoms with Gasteiger partial charge in [0.1, 0.15) is 0 Å². The Labute approximate surface area is 86.5 Å². The van der Waals surface area contributed by atoms with Crippen molar-refractivity contribution in [1.29, 1.82) is 0 Å². The average molecular weight is 187 g/mol. The number of aryl methyl sites for hydroxylation is 2. The van der Waals surface area contributed by atoms with Crippen LogP contribution in [0.4, 0.5) is 0 Å². The molecule has 0 amide bonds. The summed E-state index contributed by atoms with van der Waals surface area (Å²) in [6, 6.07) is 6.29. The van der Waals surface area contributed by atoms with Crippen LogP contribution in [0.1, 0.15) is 23.1 Å². The first kappa shape index (κ1) is 10.8. The number of benzene rings is 1. The molecule has 1 aromatic carbocycles. The fraction of sp³-hybridized carbons (Fsp3) is 0.385. The Morgan fingerprint density at radius 1 is 1.21 bits per heavy atom. The Morgan fingerprint density at radius 2 is 1.86 bits per heavy atom. The van der Waals surface area contributed by atoms with E-state index in [0.29, 0.717) is 0 Å². The van der Waals surface area contributed by atoms with Gasteiger partial charge < -0.3 is 5.32 Å². The van der Waals surface area contributed by atoms with Crippen molar-refractivity contribution >= 4 is 0 Å². The monoisotopic (exact) mass is 187 g/mol. The van der Waals surface area contributed by atoms with E-state index in [2.05, 4.69) is 49.2 Å². The first-order valence-corrected chi connectivity index (χ1v) is 4.95. The summed E-state index contributed by atoms with van der Waals surface area (Å²) in [6.07, 6.45) is 0.907. The molecule has 0 aliphatic carbocycles. The lowest BCUT2D eigenvalue weighted by Crippen LogP contribution is -2.05. The third kappa shape index (κ3) is 2.90. The van der Waals surface area contributed by atoms with Crippen LogP contribution in [0, 0.1) is 25.7 Å². The molecule has 1 aromatic rings. The minimum atomic E-state index is 0.907. The molecule has 0 saturated heterocycles. The molecule has 0 atom stereocenters. The highest BCUT2D eigenvalue weighted by Crippen LogP contribution is 2.11. The summed E-state index contributed by atoms with van der Waals surface area (Å²) in [6.45, 7) is 5.17. The van der Waals surface area contributed by atoms with Gasteiger partial charge in [0, 0.05) is 18.5 Å². The number of hydrogen-bond acceptors (Lipinski definition) is 1. The molecule has 1 N–H and O–H groups in total. The number of hydrogen-bond donors (Lipinski definition) is 1. The Bertz CT molecular complexity index is 335. The second-order valence-electron chi connectivity index (χ2n) is 3.42. The Kier molecular flexibility index (Phi) is 4.22. The molecule has 0 heterocycles. The molecule has 1 nitrogen and oxygen atoms in total. The molecule has 0 aliphatic heterocycles. The molecule has 14 heavy (non-hydrogen) atoms. The Morgan fingerprint density at radius 3 is 2.43 bits per heavy atom. The highest BCUT2D eigenvalue weighted by molar-refractivity contribution is 5.46. The quantitative estimate of drug-likeness (QED) is 0.553. The van der Waals surface area contributed by atoms with Gasteiger partial charge in [-0.1, -0.05) is 30.0 Å². The number of nitrogens with one attached hydrogen (secondary N) is 1. The fourth-order valence-corrected chi connectivity index (χ4v) is 1.35. The van der Waals surface area contributed by atoms with E-state index >= 15 is 0 Å². The van der Waals surface area contributed by atoms with Gasteiger partial charge in [0.05, 0.1) is 0 Å². The van der Waals surface area contributed by atoms with E-state index in [1.807, 2.05) is 7.05 Å². The first-order valence-electron chi connectivity index (χ1n) is 4.95. The minimum Gasteiger partial charge on any atom is -0.319 e. The van der Waals surface area contributed by atoms with E-state index in [4.69, 9.17) is 0 Å². The number of rotatable bonds is 2. The first-order chi connectivity index (χ1) is 6.75. The summed E-state index contributed by atoms with van der Waals surface area (Å²) in [5.41, 5.74) is 3.72. The van der Waals surface area contributed by atoms with Crippen molar-refractivity contribution < 1.29 is 0 Å². The maximum atomic E-state index is 3.23. The molecule has 0 aliphatic rings. The molecule has 0 aromatic heterocycles. The molecular formula is C13H17N. The van der Waals surface area contributed by atoms with Crippen LogP contribution in [0.3, 0.4) is 0 Å². The van der Waals surface area contributed by atoms with Crippen LogP contribution < -0.4 is 5.32 Å². The molecule has 0 unspecified atom stereocenters. The van der Waals surface area contributed by atoms with Crippen molar-refractivity contribution in [2.75, 3.05) is 13.6 Å². The lowest BCUT2D eigenvalue weighted by atomic mass is 10.0. The van der Waals surface area contributed by atoms with E-state index < -0.39 is 0 Å². The zero-order valence-corrected chi connectivity index (χ0v) is 9.15. The summed E-state index contributed by atoms with van der Waals surface area (Å²) in [7, 11) is 1.95. The summed E-state index contributed by atoms with van der Waals surface area (Å²) in [5.74, 6) is 6.40. The van der Waals surface area contributed by atoms with E-state index in [9.17, 15) is 0 Å². The second-order valence-corrected chi connectivity index (χ2v) is 3.42. The zero-order valence-electron chi connectivity index (χ0n) is 9.15. The maximum absolute atomic E-state index is 3.23. The van der Waals surface area contributed by atoms with Crippen molar-refractivity contribution in [1.82, 2.24) is 5.32 Å². The van der Waals surface area contributed by atoms with Crippen molar-refractivity contribution in [3.8, 4) is 11.8 Å². The largest absolute Gasteiger partial charge is 0.319 e. The zero-order chi connectivity index (χ0) is 10.4. The van der Waals surface area contributed by atoms with Crippen LogP contribution in [0.5, 0.6) is 0 Å². The van der Waals surface area contributed by atoms with Gasteiger partial charge in [-0.3, -0.25) is 0 Å². The maximum Gasteiger partial charge on any atom is 0.0303 e. The van der Waals surface area contributed by atoms with E-state index in [1.54, 1.807) is 0 Å². The van der Waals surface area contributed by atoms with Gasteiger partial charge in [-0.2, -0.15) is 0 Å². The molecule has 0 fully saturated rings. The van der Waals surface area contributed by atoms with Crippen LogP contribution in [0.25, 0.3) is 0 Å². The van der Waals surface area contributed by atoms with Crippen LogP contribution in [-0.2, 0) is 0 Å². The molecule has 74 valence electrons. The molecule has 0 bridgehead atoms. The SMILES string of the molecule is CNCCC#Cc1c(C)cccc1C. The van der Waals surface area contributed by atoms with E-state index in [-0.39, 0.29) is 0 Å². The summed E-state index contributed by atoms with van der Waals surface area (Å²) in [4.78, 5) is 0. The highest BCUT2D eigenvalue weighted by Gasteiger charge is 1.96. The lowest BCUT2D eigenvalue weighted by Gasteiger charge is -2.01. The normalized spacial score (nSPS) is 9.36. The van der Waals surface area contributed by atoms with Crippen LogP contribution in [-0.4, -0.2) is 13.6 Å². The molecule has 1 rings (SSSR count). The summed E-state index contributed by atoms with van der Waals surface area (Å²) < 4.78 is 0. The predicted molar refractivity (Wildman–Crippen MR) is 61.3 cm³/mol. The highest BCUT2D eigenvalue weighted by atomic mass is 14.8. The van der Waals surface area contributed by atoms with Gasteiger partial charge in [-0.25, -0.2) is 0 Å². The van der Waals surface area contributed by atoms with Crippen LogP contribution in [0.2, 0.25) is 0 Å². The lowest BCUT2D eigenvalue weighted by molar-refractivity contribution is 0.818. The molecule has 0 saturated carbocycles. The van der Waals surface area contributed by atoms with E-state index in [0.717, 1.165) is 13.0 Å². The van der Waals surface area contributed by atoms with Gasteiger partial charge in [0.2, 0.25) is 0 Å². The third-order valence-corrected chi connectivity index (χ3v) is 2.19. The van der Waals surface area contributed by atoms with Crippen molar-refractivity contribution in [2.24, 2.45) is 0 Å². The van der Waals surface area contributed by atoms with Gasteiger partial charge in [-0.05, 0) is 32.0 Å². The molecule has 1 heteroatoms. The second kappa shape index (κ2) is 5.47. The molecule has 0 radical (unpaired) electrons. The van der Waals surface area contributed by atoms with Gasteiger partial charge in [-0.15, -0.1) is 0 Å². The topological polar surface area (TPSA) is 12.0 Å². The Hall–Kier alpha value is -1.26. The van der Waals surface area contributed by atoms with Gasteiger partial charge >= 0.3 is 0 Å². The van der Waals surface area contributed by atoms with Crippen molar-refractivity contribution in [2.45, 2.75) is 20.3 Å². The molecular weight excluding hydrogens is 170 g/mol. The Balaban J connectivity index is 2.78. The smallest absolute Gasteiger partial charge is 0.0303 e. The fourth-order valence-electron chi connectivity index (χ4n) is 1.35. The average Bonchev–Trinajstić information content (AvgIpc) is 2.16.